The van der Waals surface area contributed by atoms with E-state index in [-0.39, 0.29) is 11.6 Å². The Morgan fingerprint density at radius 2 is 1.28 bits per heavy atom. The first-order valence-electron chi connectivity index (χ1n) is 9.39. The third-order valence-corrected chi connectivity index (χ3v) is 4.43. The summed E-state index contributed by atoms with van der Waals surface area (Å²) in [6.45, 7) is 4.48. The lowest BCUT2D eigenvalue weighted by atomic mass is 10.1. The van der Waals surface area contributed by atoms with E-state index in [2.05, 4.69) is 6.58 Å². The Bertz CT molecular complexity index is 926. The van der Waals surface area contributed by atoms with E-state index in [1.54, 1.807) is 4.90 Å². The molecule has 146 valence electrons. The van der Waals surface area contributed by atoms with Gasteiger partial charge in [-0.2, -0.15) is 0 Å². The van der Waals surface area contributed by atoms with Gasteiger partial charge in [0.2, 0.25) is 0 Å². The van der Waals surface area contributed by atoms with E-state index in [1.165, 1.54) is 6.26 Å². The van der Waals surface area contributed by atoms with E-state index < -0.39 is 0 Å². The van der Waals surface area contributed by atoms with Crippen LogP contribution in [0.1, 0.15) is 16.7 Å². The Balaban J connectivity index is 1.96. The Kier molecular flexibility index (Phi) is 6.85. The third kappa shape index (κ3) is 5.36. The zero-order valence-electron chi connectivity index (χ0n) is 16.2. The SMILES string of the molecule is C=CO/C(=C(\N)C(=O)N(Cc1ccccc1)Cc1ccccc1)c1ccccc1. The molecule has 0 aliphatic rings. The summed E-state index contributed by atoms with van der Waals surface area (Å²) in [5, 5.41) is 0. The van der Waals surface area contributed by atoms with Crippen LogP contribution in [0.2, 0.25) is 0 Å². The van der Waals surface area contributed by atoms with Gasteiger partial charge in [-0.1, -0.05) is 97.6 Å². The number of amides is 1. The smallest absolute Gasteiger partial charge is 0.274 e. The first-order valence-corrected chi connectivity index (χ1v) is 9.39. The van der Waals surface area contributed by atoms with E-state index >= 15 is 0 Å². The second-order valence-electron chi connectivity index (χ2n) is 6.53. The van der Waals surface area contributed by atoms with Crippen molar-refractivity contribution in [3.05, 3.63) is 126 Å². The number of carbonyl (C=O) groups excluding carboxylic acids is 1. The highest BCUT2D eigenvalue weighted by atomic mass is 16.5. The molecule has 0 bridgehead atoms. The van der Waals surface area contributed by atoms with Gasteiger partial charge in [0.15, 0.2) is 5.76 Å². The van der Waals surface area contributed by atoms with Crippen LogP contribution >= 0.6 is 0 Å². The highest BCUT2D eigenvalue weighted by molar-refractivity contribution is 5.99. The average molecular weight is 384 g/mol. The maximum absolute atomic E-state index is 13.4. The van der Waals surface area contributed by atoms with Crippen molar-refractivity contribution in [2.75, 3.05) is 0 Å². The van der Waals surface area contributed by atoms with Crippen LogP contribution in [0.5, 0.6) is 0 Å². The molecule has 1 amide bonds. The van der Waals surface area contributed by atoms with Crippen LogP contribution in [0.4, 0.5) is 0 Å². The van der Waals surface area contributed by atoms with E-state index in [9.17, 15) is 4.79 Å². The number of rotatable bonds is 8. The molecule has 0 aliphatic carbocycles. The molecule has 3 aromatic rings. The van der Waals surface area contributed by atoms with Crippen LogP contribution in [0.3, 0.4) is 0 Å². The van der Waals surface area contributed by atoms with Gasteiger partial charge in [-0.3, -0.25) is 4.79 Å². The maximum atomic E-state index is 13.4. The molecule has 0 radical (unpaired) electrons. The summed E-state index contributed by atoms with van der Waals surface area (Å²) >= 11 is 0. The van der Waals surface area contributed by atoms with E-state index in [0.717, 1.165) is 16.7 Å². The van der Waals surface area contributed by atoms with Crippen molar-refractivity contribution in [2.45, 2.75) is 13.1 Å². The molecule has 0 aliphatic heterocycles. The van der Waals surface area contributed by atoms with E-state index in [1.807, 2.05) is 91.0 Å². The first-order chi connectivity index (χ1) is 14.2. The summed E-state index contributed by atoms with van der Waals surface area (Å²) in [5.41, 5.74) is 9.12. The van der Waals surface area contributed by atoms with Crippen molar-refractivity contribution in [1.82, 2.24) is 4.90 Å². The van der Waals surface area contributed by atoms with Crippen LogP contribution in [0.15, 0.2) is 110 Å². The first kappa shape index (κ1) is 20.0. The Hall–Kier alpha value is -3.79. The molecule has 0 fully saturated rings. The van der Waals surface area contributed by atoms with Crippen LogP contribution in [-0.4, -0.2) is 10.8 Å². The highest BCUT2D eigenvalue weighted by Gasteiger charge is 2.22. The molecule has 0 spiro atoms. The molecule has 3 aromatic carbocycles. The normalized spacial score (nSPS) is 11.3. The Morgan fingerprint density at radius 3 is 1.72 bits per heavy atom. The Morgan fingerprint density at radius 1 is 0.828 bits per heavy atom. The predicted molar refractivity (Wildman–Crippen MR) is 116 cm³/mol. The zero-order chi connectivity index (χ0) is 20.5. The average Bonchev–Trinajstić information content (AvgIpc) is 2.78. The molecule has 0 aromatic heterocycles. The van der Waals surface area contributed by atoms with E-state index in [4.69, 9.17) is 10.5 Å². The second kappa shape index (κ2) is 9.95. The summed E-state index contributed by atoms with van der Waals surface area (Å²) in [4.78, 5) is 15.1. The quantitative estimate of drug-likeness (QED) is 0.452. The van der Waals surface area contributed by atoms with Gasteiger partial charge in [-0.05, 0) is 11.1 Å². The minimum absolute atomic E-state index is 0.0444. The zero-order valence-corrected chi connectivity index (χ0v) is 16.2. The van der Waals surface area contributed by atoms with Gasteiger partial charge in [0.05, 0.1) is 6.26 Å². The summed E-state index contributed by atoms with van der Waals surface area (Å²) < 4.78 is 5.53. The van der Waals surface area contributed by atoms with Crippen molar-refractivity contribution in [3.8, 4) is 0 Å². The second-order valence-corrected chi connectivity index (χ2v) is 6.53. The van der Waals surface area contributed by atoms with Crippen LogP contribution in [0.25, 0.3) is 5.76 Å². The third-order valence-electron chi connectivity index (χ3n) is 4.43. The van der Waals surface area contributed by atoms with Gasteiger partial charge in [0, 0.05) is 18.7 Å². The van der Waals surface area contributed by atoms with Crippen molar-refractivity contribution in [1.29, 1.82) is 0 Å². The lowest BCUT2D eigenvalue weighted by molar-refractivity contribution is -0.128. The Labute approximate surface area is 171 Å². The fraction of sp³-hybridized carbons (Fsp3) is 0.0800. The molecule has 3 rings (SSSR count). The lowest BCUT2D eigenvalue weighted by Crippen LogP contribution is -2.34. The topological polar surface area (TPSA) is 55.6 Å². The molecule has 0 saturated carbocycles. The van der Waals surface area contributed by atoms with Crippen molar-refractivity contribution in [3.63, 3.8) is 0 Å². The fourth-order valence-electron chi connectivity index (χ4n) is 3.03. The largest absolute Gasteiger partial charge is 0.463 e. The predicted octanol–water partition coefficient (Wildman–Crippen LogP) is 4.70. The number of carbonyl (C=O) groups is 1. The minimum Gasteiger partial charge on any atom is -0.463 e. The van der Waals surface area contributed by atoms with Gasteiger partial charge in [0.25, 0.3) is 5.91 Å². The number of nitrogens with zero attached hydrogens (tertiary/aromatic N) is 1. The molecule has 4 nitrogen and oxygen atoms in total. The van der Waals surface area contributed by atoms with Gasteiger partial charge in [0.1, 0.15) is 5.70 Å². The van der Waals surface area contributed by atoms with Crippen molar-refractivity contribution in [2.24, 2.45) is 5.73 Å². The molecule has 4 heteroatoms. The molecule has 0 saturated heterocycles. The molecule has 29 heavy (non-hydrogen) atoms. The summed E-state index contributed by atoms with van der Waals surface area (Å²) in [5.74, 6) is 0.00938. The molecule has 2 N–H and O–H groups in total. The molecule has 0 unspecified atom stereocenters. The van der Waals surface area contributed by atoms with Crippen molar-refractivity contribution >= 4 is 11.7 Å². The van der Waals surface area contributed by atoms with E-state index in [0.29, 0.717) is 18.8 Å². The summed E-state index contributed by atoms with van der Waals surface area (Å²) in [6, 6.07) is 29.0. The monoisotopic (exact) mass is 384 g/mol. The van der Waals surface area contributed by atoms with Gasteiger partial charge in [-0.25, -0.2) is 0 Å². The fourth-order valence-corrected chi connectivity index (χ4v) is 3.03. The summed E-state index contributed by atoms with van der Waals surface area (Å²) in [7, 11) is 0. The molecular weight excluding hydrogens is 360 g/mol. The van der Waals surface area contributed by atoms with Crippen LogP contribution in [0, 0.1) is 0 Å². The van der Waals surface area contributed by atoms with Crippen LogP contribution in [-0.2, 0) is 22.6 Å². The number of benzene rings is 3. The molecular formula is C25H24N2O2. The number of hydrogen-bond donors (Lipinski definition) is 1. The molecule has 0 atom stereocenters. The number of ether oxygens (including phenoxy) is 1. The molecule has 0 heterocycles. The summed E-state index contributed by atoms with van der Waals surface area (Å²) in [6.07, 6.45) is 1.28. The van der Waals surface area contributed by atoms with Gasteiger partial charge in [-0.15, -0.1) is 0 Å². The van der Waals surface area contributed by atoms with Crippen LogP contribution < -0.4 is 5.73 Å². The van der Waals surface area contributed by atoms with Gasteiger partial charge >= 0.3 is 0 Å². The maximum Gasteiger partial charge on any atom is 0.274 e. The standard InChI is InChI=1S/C25H24N2O2/c1-2-29-24(22-16-10-5-11-17-22)23(26)25(28)27(18-20-12-6-3-7-13-20)19-21-14-8-4-9-15-21/h2-17H,1,18-19,26H2/b24-23-. The minimum atomic E-state index is -0.293. The number of hydrogen-bond acceptors (Lipinski definition) is 3. The van der Waals surface area contributed by atoms with Gasteiger partial charge < -0.3 is 15.4 Å². The number of nitrogens with two attached hydrogens (primary N) is 1. The lowest BCUT2D eigenvalue weighted by Gasteiger charge is -2.24. The highest BCUT2D eigenvalue weighted by Crippen LogP contribution is 2.21. The van der Waals surface area contributed by atoms with Crippen molar-refractivity contribution < 1.29 is 9.53 Å².